The molecule has 0 saturated heterocycles. The van der Waals surface area contributed by atoms with Crippen LogP contribution in [0.5, 0.6) is 0 Å². The maximum absolute atomic E-state index is 12.2. The third-order valence-corrected chi connectivity index (χ3v) is 4.33. The van der Waals surface area contributed by atoms with Gasteiger partial charge in [0, 0.05) is 0 Å². The van der Waals surface area contributed by atoms with Crippen LogP contribution in [0.3, 0.4) is 0 Å². The highest BCUT2D eigenvalue weighted by Crippen LogP contribution is 2.16. The van der Waals surface area contributed by atoms with Crippen LogP contribution >= 0.6 is 0 Å². The summed E-state index contributed by atoms with van der Waals surface area (Å²) in [6.07, 6.45) is 2.57. The minimum absolute atomic E-state index is 0.148. The summed E-state index contributed by atoms with van der Waals surface area (Å²) in [6, 6.07) is 8.35. The standard InChI is InChI=1S/C22H18O10/c1-27-21(25)15-7-9-29-17(15)11-31-19(23)13-3-5-14(6-4-13)20(24)32-12-18-16(8-10-30-18)22(26)28-2/h3-10H,11-12H2,1-2H3. The minimum Gasteiger partial charge on any atom is -0.465 e. The largest absolute Gasteiger partial charge is 0.465 e. The fraction of sp³-hybridized carbons (Fsp3) is 0.182. The van der Waals surface area contributed by atoms with Crippen LogP contribution in [-0.4, -0.2) is 38.1 Å². The van der Waals surface area contributed by atoms with E-state index >= 15 is 0 Å². The van der Waals surface area contributed by atoms with Crippen molar-refractivity contribution in [3.63, 3.8) is 0 Å². The molecule has 1 aromatic carbocycles. The van der Waals surface area contributed by atoms with Gasteiger partial charge in [-0.25, -0.2) is 19.2 Å². The van der Waals surface area contributed by atoms with Gasteiger partial charge in [0.2, 0.25) is 0 Å². The van der Waals surface area contributed by atoms with Crippen LogP contribution in [0.25, 0.3) is 0 Å². The van der Waals surface area contributed by atoms with Crippen molar-refractivity contribution in [2.75, 3.05) is 14.2 Å². The second kappa shape index (κ2) is 10.1. The Morgan fingerprint density at radius 3 is 1.34 bits per heavy atom. The van der Waals surface area contributed by atoms with E-state index in [9.17, 15) is 19.2 Å². The summed E-state index contributed by atoms with van der Waals surface area (Å²) < 4.78 is 29.8. The molecule has 2 aromatic heterocycles. The highest BCUT2D eigenvalue weighted by molar-refractivity contribution is 5.94. The van der Waals surface area contributed by atoms with Gasteiger partial charge in [0.15, 0.2) is 24.7 Å². The zero-order valence-electron chi connectivity index (χ0n) is 17.1. The van der Waals surface area contributed by atoms with Crippen LogP contribution < -0.4 is 0 Å². The molecule has 0 spiro atoms. The van der Waals surface area contributed by atoms with Crippen LogP contribution in [0, 0.1) is 0 Å². The molecule has 3 rings (SSSR count). The molecule has 0 aliphatic rings. The van der Waals surface area contributed by atoms with Crippen molar-refractivity contribution in [3.05, 3.63) is 82.7 Å². The summed E-state index contributed by atoms with van der Waals surface area (Å²) in [5.74, 6) is -2.29. The van der Waals surface area contributed by atoms with E-state index in [0.717, 1.165) is 0 Å². The third kappa shape index (κ3) is 5.04. The Morgan fingerprint density at radius 2 is 1.00 bits per heavy atom. The fourth-order valence-corrected chi connectivity index (χ4v) is 2.66. The Kier molecular flexibility index (Phi) is 7.06. The van der Waals surface area contributed by atoms with Crippen LogP contribution in [-0.2, 0) is 32.2 Å². The number of hydrogen-bond acceptors (Lipinski definition) is 10. The number of carbonyl (C=O) groups excluding carboxylic acids is 4. The van der Waals surface area contributed by atoms with Gasteiger partial charge in [-0.15, -0.1) is 0 Å². The van der Waals surface area contributed by atoms with Crippen molar-refractivity contribution in [3.8, 4) is 0 Å². The summed E-state index contributed by atoms with van der Waals surface area (Å²) >= 11 is 0. The van der Waals surface area contributed by atoms with Gasteiger partial charge in [0.05, 0.1) is 37.9 Å². The average molecular weight is 442 g/mol. The number of rotatable bonds is 8. The first-order chi connectivity index (χ1) is 15.4. The first-order valence-corrected chi connectivity index (χ1v) is 9.18. The van der Waals surface area contributed by atoms with Gasteiger partial charge < -0.3 is 27.8 Å². The molecule has 0 N–H and O–H groups in total. The second-order valence-corrected chi connectivity index (χ2v) is 6.23. The molecule has 32 heavy (non-hydrogen) atoms. The molecule has 0 amide bonds. The van der Waals surface area contributed by atoms with E-state index in [4.69, 9.17) is 18.3 Å². The molecule has 0 unspecified atom stereocenters. The molecule has 10 heteroatoms. The maximum atomic E-state index is 12.2. The lowest BCUT2D eigenvalue weighted by Gasteiger charge is -2.07. The molecular weight excluding hydrogens is 424 g/mol. The lowest BCUT2D eigenvalue weighted by molar-refractivity contribution is 0.0423. The van der Waals surface area contributed by atoms with E-state index in [-0.39, 0.29) is 47.0 Å². The maximum Gasteiger partial charge on any atom is 0.341 e. The number of furan rings is 2. The van der Waals surface area contributed by atoms with Gasteiger partial charge in [-0.1, -0.05) is 0 Å². The Bertz CT molecular complexity index is 1030. The van der Waals surface area contributed by atoms with Gasteiger partial charge in [-0.2, -0.15) is 0 Å². The van der Waals surface area contributed by atoms with Gasteiger partial charge >= 0.3 is 23.9 Å². The molecular formula is C22H18O10. The second-order valence-electron chi connectivity index (χ2n) is 6.23. The molecule has 0 fully saturated rings. The number of carbonyl (C=O) groups is 4. The Labute approximate surface area is 181 Å². The van der Waals surface area contributed by atoms with Crippen LogP contribution in [0.2, 0.25) is 0 Å². The predicted molar refractivity (Wildman–Crippen MR) is 105 cm³/mol. The number of hydrogen-bond donors (Lipinski definition) is 0. The van der Waals surface area contributed by atoms with Crippen molar-refractivity contribution >= 4 is 23.9 Å². The van der Waals surface area contributed by atoms with Crippen LogP contribution in [0.15, 0.2) is 57.8 Å². The predicted octanol–water partition coefficient (Wildman–Crippen LogP) is 3.16. The molecule has 166 valence electrons. The van der Waals surface area contributed by atoms with Crippen molar-refractivity contribution in [2.45, 2.75) is 13.2 Å². The van der Waals surface area contributed by atoms with Gasteiger partial charge in [0.1, 0.15) is 11.1 Å². The molecule has 3 aromatic rings. The van der Waals surface area contributed by atoms with Crippen LogP contribution in [0.1, 0.15) is 53.0 Å². The summed E-state index contributed by atoms with van der Waals surface area (Å²) in [4.78, 5) is 47.7. The molecule has 0 bridgehead atoms. The van der Waals surface area contributed by atoms with E-state index < -0.39 is 23.9 Å². The lowest BCUT2D eigenvalue weighted by Crippen LogP contribution is -2.10. The zero-order valence-corrected chi connectivity index (χ0v) is 17.1. The quantitative estimate of drug-likeness (QED) is 0.378. The van der Waals surface area contributed by atoms with Crippen molar-refractivity contribution in [2.24, 2.45) is 0 Å². The van der Waals surface area contributed by atoms with Gasteiger partial charge in [-0.05, 0) is 36.4 Å². The van der Waals surface area contributed by atoms with Crippen LogP contribution in [0.4, 0.5) is 0 Å². The van der Waals surface area contributed by atoms with Crippen molar-refractivity contribution in [1.82, 2.24) is 0 Å². The SMILES string of the molecule is COC(=O)c1ccoc1COC(=O)c1ccc(C(=O)OCc2occc2C(=O)OC)cc1. The third-order valence-electron chi connectivity index (χ3n) is 4.33. The van der Waals surface area contributed by atoms with E-state index in [1.165, 1.54) is 63.1 Å². The Balaban J connectivity index is 1.56. The summed E-state index contributed by atoms with van der Waals surface area (Å²) in [5.41, 5.74) is 0.661. The summed E-state index contributed by atoms with van der Waals surface area (Å²) in [5, 5.41) is 0. The summed E-state index contributed by atoms with van der Waals surface area (Å²) in [7, 11) is 2.45. The molecule has 2 heterocycles. The topological polar surface area (TPSA) is 131 Å². The number of benzene rings is 1. The van der Waals surface area contributed by atoms with E-state index in [0.29, 0.717) is 0 Å². The highest BCUT2D eigenvalue weighted by atomic mass is 16.6. The zero-order chi connectivity index (χ0) is 23.1. The van der Waals surface area contributed by atoms with Crippen molar-refractivity contribution in [1.29, 1.82) is 0 Å². The number of ether oxygens (including phenoxy) is 4. The summed E-state index contributed by atoms with van der Waals surface area (Å²) in [6.45, 7) is -0.544. The van der Waals surface area contributed by atoms with Gasteiger partial charge in [-0.3, -0.25) is 0 Å². The molecule has 0 saturated carbocycles. The molecule has 10 nitrogen and oxygen atoms in total. The minimum atomic E-state index is -0.685. The van der Waals surface area contributed by atoms with Gasteiger partial charge in [0.25, 0.3) is 0 Å². The Hall–Kier alpha value is -4.34. The average Bonchev–Trinajstić information content (AvgIpc) is 3.49. The van der Waals surface area contributed by atoms with E-state index in [2.05, 4.69) is 9.47 Å². The van der Waals surface area contributed by atoms with E-state index in [1.807, 2.05) is 0 Å². The number of methoxy groups -OCH3 is 2. The molecule has 0 aliphatic heterocycles. The highest BCUT2D eigenvalue weighted by Gasteiger charge is 2.19. The fourth-order valence-electron chi connectivity index (χ4n) is 2.66. The number of esters is 4. The monoisotopic (exact) mass is 442 g/mol. The molecule has 0 aliphatic carbocycles. The van der Waals surface area contributed by atoms with Crippen molar-refractivity contribution < 1.29 is 47.0 Å². The smallest absolute Gasteiger partial charge is 0.341 e. The molecule has 0 radical (unpaired) electrons. The Morgan fingerprint density at radius 1 is 0.625 bits per heavy atom. The first kappa shape index (κ1) is 22.3. The first-order valence-electron chi connectivity index (χ1n) is 9.18. The normalized spacial score (nSPS) is 10.3. The van der Waals surface area contributed by atoms with E-state index in [1.54, 1.807) is 0 Å². The molecule has 0 atom stereocenters. The lowest BCUT2D eigenvalue weighted by atomic mass is 10.1.